The molecule has 0 atom stereocenters. The first-order chi connectivity index (χ1) is 15.2. The van der Waals surface area contributed by atoms with E-state index in [1.54, 1.807) is 24.5 Å². The highest BCUT2D eigenvalue weighted by atomic mass is 35.5. The molecule has 0 spiro atoms. The van der Waals surface area contributed by atoms with Crippen LogP contribution in [0.5, 0.6) is 5.75 Å². The normalized spacial score (nSPS) is 10.9. The molecule has 0 radical (unpaired) electrons. The number of carbonyl (C=O) groups excluding carboxylic acids is 1. The van der Waals surface area contributed by atoms with E-state index in [9.17, 15) is 4.79 Å². The predicted molar refractivity (Wildman–Crippen MR) is 122 cm³/mol. The molecule has 2 aromatic carbocycles. The van der Waals surface area contributed by atoms with Crippen LogP contribution in [0.25, 0.3) is 11.0 Å². The van der Waals surface area contributed by atoms with E-state index >= 15 is 0 Å². The summed E-state index contributed by atoms with van der Waals surface area (Å²) in [5.41, 5.74) is 2.59. The Morgan fingerprint density at radius 3 is 2.71 bits per heavy atom. The van der Waals surface area contributed by atoms with Gasteiger partial charge in [-0.1, -0.05) is 23.7 Å². The van der Waals surface area contributed by atoms with Crippen LogP contribution in [0.1, 0.15) is 22.6 Å². The van der Waals surface area contributed by atoms with Gasteiger partial charge in [-0.05, 0) is 55.0 Å². The second kappa shape index (κ2) is 10.1. The van der Waals surface area contributed by atoms with Crippen LogP contribution in [0.4, 0.5) is 0 Å². The number of carbonyl (C=O) groups is 1. The number of aryl methyl sites for hydroxylation is 1. The molecular formula is C24H23ClN4O2. The molecule has 0 unspecified atom stereocenters. The molecule has 1 amide bonds. The van der Waals surface area contributed by atoms with Gasteiger partial charge >= 0.3 is 0 Å². The Hall–Kier alpha value is -3.38. The average molecular weight is 435 g/mol. The number of fused-ring (bicyclic) bond motifs is 1. The lowest BCUT2D eigenvalue weighted by atomic mass is 10.2. The van der Waals surface area contributed by atoms with Crippen LogP contribution in [0.2, 0.25) is 5.02 Å². The molecule has 158 valence electrons. The van der Waals surface area contributed by atoms with Crippen LogP contribution in [0, 0.1) is 0 Å². The minimum absolute atomic E-state index is 0.132. The number of nitrogens with zero attached hydrogens (tertiary/aromatic N) is 3. The summed E-state index contributed by atoms with van der Waals surface area (Å²) in [7, 11) is 0. The zero-order chi connectivity index (χ0) is 21.5. The van der Waals surface area contributed by atoms with Crippen molar-refractivity contribution >= 4 is 28.5 Å². The van der Waals surface area contributed by atoms with Crippen molar-refractivity contribution in [3.63, 3.8) is 0 Å². The number of halogens is 1. The molecule has 0 aliphatic carbocycles. The molecule has 7 heteroatoms. The van der Waals surface area contributed by atoms with Crippen LogP contribution < -0.4 is 10.1 Å². The molecule has 0 saturated carbocycles. The zero-order valence-electron chi connectivity index (χ0n) is 17.0. The van der Waals surface area contributed by atoms with Crippen molar-refractivity contribution < 1.29 is 9.53 Å². The Morgan fingerprint density at radius 1 is 1.06 bits per heavy atom. The highest BCUT2D eigenvalue weighted by Crippen LogP contribution is 2.18. The van der Waals surface area contributed by atoms with E-state index in [0.717, 1.165) is 35.6 Å². The quantitative estimate of drug-likeness (QED) is 0.393. The maximum Gasteiger partial charge on any atom is 0.252 e. The standard InChI is InChI=1S/C24H23ClN4O2/c25-19-8-10-20(11-9-19)31-16-4-15-29-22-7-2-1-6-21(22)28-23(29)12-14-27-24(30)18-5-3-13-26-17-18/h1-3,5-11,13,17H,4,12,14-16H2,(H,27,30). The minimum atomic E-state index is -0.132. The molecule has 0 aliphatic heterocycles. The van der Waals surface area contributed by atoms with Crippen molar-refractivity contribution in [3.8, 4) is 5.75 Å². The van der Waals surface area contributed by atoms with Crippen molar-refractivity contribution in [2.45, 2.75) is 19.4 Å². The first-order valence-electron chi connectivity index (χ1n) is 10.2. The number of amides is 1. The lowest BCUT2D eigenvalue weighted by Gasteiger charge is -2.11. The summed E-state index contributed by atoms with van der Waals surface area (Å²) >= 11 is 5.91. The number of rotatable bonds is 9. The summed E-state index contributed by atoms with van der Waals surface area (Å²) in [4.78, 5) is 21.0. The van der Waals surface area contributed by atoms with E-state index < -0.39 is 0 Å². The van der Waals surface area contributed by atoms with Crippen molar-refractivity contribution in [2.24, 2.45) is 0 Å². The maximum absolute atomic E-state index is 12.3. The van der Waals surface area contributed by atoms with Gasteiger partial charge in [-0.25, -0.2) is 4.98 Å². The van der Waals surface area contributed by atoms with Gasteiger partial charge in [-0.3, -0.25) is 9.78 Å². The topological polar surface area (TPSA) is 69.0 Å². The van der Waals surface area contributed by atoms with Crippen molar-refractivity contribution in [1.82, 2.24) is 19.9 Å². The van der Waals surface area contributed by atoms with Gasteiger partial charge in [0.2, 0.25) is 0 Å². The van der Waals surface area contributed by atoms with Crippen LogP contribution in [0.15, 0.2) is 73.1 Å². The smallest absolute Gasteiger partial charge is 0.252 e. The van der Waals surface area contributed by atoms with E-state index in [1.165, 1.54) is 0 Å². The summed E-state index contributed by atoms with van der Waals surface area (Å²) < 4.78 is 8.02. The Balaban J connectivity index is 1.37. The summed E-state index contributed by atoms with van der Waals surface area (Å²) in [6, 6.07) is 18.9. The summed E-state index contributed by atoms with van der Waals surface area (Å²) in [6.45, 7) is 1.86. The summed E-state index contributed by atoms with van der Waals surface area (Å²) in [5.74, 6) is 1.62. The Morgan fingerprint density at radius 2 is 1.90 bits per heavy atom. The Bertz CT molecular complexity index is 1140. The lowest BCUT2D eigenvalue weighted by molar-refractivity contribution is 0.0953. The maximum atomic E-state index is 12.3. The lowest BCUT2D eigenvalue weighted by Crippen LogP contribution is -2.26. The van der Waals surface area contributed by atoms with E-state index in [2.05, 4.69) is 20.9 Å². The number of ether oxygens (including phenoxy) is 1. The summed E-state index contributed by atoms with van der Waals surface area (Å²) in [5, 5.41) is 3.64. The van der Waals surface area contributed by atoms with E-state index in [4.69, 9.17) is 21.3 Å². The van der Waals surface area contributed by atoms with Crippen LogP contribution in [-0.2, 0) is 13.0 Å². The zero-order valence-corrected chi connectivity index (χ0v) is 17.8. The highest BCUT2D eigenvalue weighted by molar-refractivity contribution is 6.30. The number of hydrogen-bond donors (Lipinski definition) is 1. The van der Waals surface area contributed by atoms with Gasteiger partial charge < -0.3 is 14.6 Å². The van der Waals surface area contributed by atoms with Gasteiger partial charge in [0.15, 0.2) is 0 Å². The van der Waals surface area contributed by atoms with Gasteiger partial charge in [-0.2, -0.15) is 0 Å². The number of aromatic nitrogens is 3. The fourth-order valence-electron chi connectivity index (χ4n) is 3.40. The molecule has 31 heavy (non-hydrogen) atoms. The van der Waals surface area contributed by atoms with Crippen molar-refractivity contribution in [2.75, 3.05) is 13.2 Å². The Labute approximate surface area is 185 Å². The Kier molecular flexibility index (Phi) is 6.79. The van der Waals surface area contributed by atoms with Crippen LogP contribution >= 0.6 is 11.6 Å². The molecule has 0 saturated heterocycles. The van der Waals surface area contributed by atoms with Gasteiger partial charge in [0.25, 0.3) is 5.91 Å². The third-order valence-corrected chi connectivity index (χ3v) is 5.15. The van der Waals surface area contributed by atoms with Gasteiger partial charge in [0, 0.05) is 36.9 Å². The van der Waals surface area contributed by atoms with Crippen LogP contribution in [-0.4, -0.2) is 33.6 Å². The number of pyridine rings is 1. The van der Waals surface area contributed by atoms with Gasteiger partial charge in [0.05, 0.1) is 23.2 Å². The van der Waals surface area contributed by atoms with Crippen molar-refractivity contribution in [1.29, 1.82) is 0 Å². The molecule has 2 aromatic heterocycles. The highest BCUT2D eigenvalue weighted by Gasteiger charge is 2.11. The van der Waals surface area contributed by atoms with Crippen molar-refractivity contribution in [3.05, 3.63) is 89.5 Å². The number of hydrogen-bond acceptors (Lipinski definition) is 4. The molecule has 0 fully saturated rings. The number of para-hydroxylation sites is 2. The summed E-state index contributed by atoms with van der Waals surface area (Å²) in [6.07, 6.45) is 4.68. The third kappa shape index (κ3) is 5.41. The fraction of sp³-hybridized carbons (Fsp3) is 0.208. The first-order valence-corrected chi connectivity index (χ1v) is 10.6. The average Bonchev–Trinajstić information content (AvgIpc) is 3.16. The van der Waals surface area contributed by atoms with E-state index in [1.807, 2.05) is 42.5 Å². The SMILES string of the molecule is O=C(NCCc1nc2ccccc2n1CCCOc1ccc(Cl)cc1)c1cccnc1. The fourth-order valence-corrected chi connectivity index (χ4v) is 3.52. The molecule has 0 aliphatic rings. The second-order valence-electron chi connectivity index (χ2n) is 7.07. The molecule has 1 N–H and O–H groups in total. The first kappa shape index (κ1) is 20.9. The minimum Gasteiger partial charge on any atom is -0.494 e. The van der Waals surface area contributed by atoms with E-state index in [0.29, 0.717) is 30.2 Å². The number of benzene rings is 2. The predicted octanol–water partition coefficient (Wildman–Crippen LogP) is 4.53. The molecule has 4 rings (SSSR count). The third-order valence-electron chi connectivity index (χ3n) is 4.90. The second-order valence-corrected chi connectivity index (χ2v) is 7.51. The largest absolute Gasteiger partial charge is 0.494 e. The van der Waals surface area contributed by atoms with Crippen LogP contribution in [0.3, 0.4) is 0 Å². The molecule has 6 nitrogen and oxygen atoms in total. The molecule has 4 aromatic rings. The van der Waals surface area contributed by atoms with Gasteiger partial charge in [-0.15, -0.1) is 0 Å². The van der Waals surface area contributed by atoms with Gasteiger partial charge in [0.1, 0.15) is 11.6 Å². The number of imidazole rings is 1. The molecule has 2 heterocycles. The molecular weight excluding hydrogens is 412 g/mol. The monoisotopic (exact) mass is 434 g/mol. The number of nitrogens with one attached hydrogen (secondary N) is 1. The molecule has 0 bridgehead atoms. The van der Waals surface area contributed by atoms with E-state index in [-0.39, 0.29) is 5.91 Å².